The third-order valence-electron chi connectivity index (χ3n) is 2.78. The van der Waals surface area contributed by atoms with Crippen LogP contribution in [-0.2, 0) is 0 Å². The number of anilines is 1. The van der Waals surface area contributed by atoms with Gasteiger partial charge in [0.2, 0.25) is 0 Å². The Morgan fingerprint density at radius 2 is 2.17 bits per heavy atom. The molecule has 1 heterocycles. The molecule has 0 aliphatic carbocycles. The molecule has 2 N–H and O–H groups in total. The maximum absolute atomic E-state index is 5.82. The maximum Gasteiger partial charge on any atom is 0.141 e. The van der Waals surface area contributed by atoms with Gasteiger partial charge in [0.05, 0.1) is 12.3 Å². The van der Waals surface area contributed by atoms with Crippen LogP contribution >= 0.6 is 23.7 Å². The molecule has 1 aromatic carbocycles. The maximum atomic E-state index is 5.82. The first-order valence-electron chi connectivity index (χ1n) is 6.05. The van der Waals surface area contributed by atoms with Crippen LogP contribution in [0.25, 0.3) is 0 Å². The van der Waals surface area contributed by atoms with E-state index in [0.29, 0.717) is 6.61 Å². The second-order valence-electron chi connectivity index (χ2n) is 5.16. The number of benzene rings is 1. The van der Waals surface area contributed by atoms with Crippen molar-refractivity contribution in [3.05, 3.63) is 18.2 Å². The topological polar surface area (TPSA) is 38.5 Å². The smallest absolute Gasteiger partial charge is 0.141 e. The molecule has 1 atom stereocenters. The Morgan fingerprint density at radius 1 is 1.44 bits per heavy atom. The van der Waals surface area contributed by atoms with Gasteiger partial charge in [-0.1, -0.05) is 11.8 Å². The van der Waals surface area contributed by atoms with Crippen molar-refractivity contribution in [2.45, 2.75) is 42.8 Å². The van der Waals surface area contributed by atoms with E-state index in [0.717, 1.165) is 5.75 Å². The summed E-state index contributed by atoms with van der Waals surface area (Å²) >= 11 is 3.20. The Balaban J connectivity index is 2.40. The van der Waals surface area contributed by atoms with E-state index in [-0.39, 0.29) is 10.2 Å². The van der Waals surface area contributed by atoms with Gasteiger partial charge in [-0.15, -0.1) is 0 Å². The average molecular weight is 284 g/mol. The normalized spacial score (nSPS) is 18.9. The number of nitrogens with two attached hydrogens (primary N) is 1. The SMILES string of the molecule is CCOc1ccc2c(c1)N(C(C)(C)C)C(SN)S2. The zero-order valence-corrected chi connectivity index (χ0v) is 12.9. The van der Waals surface area contributed by atoms with E-state index in [1.54, 1.807) is 11.8 Å². The minimum absolute atomic E-state index is 0.0418. The van der Waals surface area contributed by atoms with Crippen molar-refractivity contribution >= 4 is 29.4 Å². The van der Waals surface area contributed by atoms with Gasteiger partial charge >= 0.3 is 0 Å². The molecule has 18 heavy (non-hydrogen) atoms. The summed E-state index contributed by atoms with van der Waals surface area (Å²) in [7, 11) is 0. The van der Waals surface area contributed by atoms with Gasteiger partial charge in [-0.3, -0.25) is 5.14 Å². The van der Waals surface area contributed by atoms with E-state index in [9.17, 15) is 0 Å². The molecule has 0 saturated carbocycles. The molecule has 1 aliphatic heterocycles. The second kappa shape index (κ2) is 5.23. The van der Waals surface area contributed by atoms with Crippen LogP contribution in [0.2, 0.25) is 0 Å². The lowest BCUT2D eigenvalue weighted by atomic mass is 10.1. The number of fused-ring (bicyclic) bond motifs is 1. The largest absolute Gasteiger partial charge is 0.494 e. The average Bonchev–Trinajstić information content (AvgIpc) is 2.66. The molecule has 0 saturated heterocycles. The lowest BCUT2D eigenvalue weighted by Crippen LogP contribution is -2.44. The standard InChI is InChI=1S/C13H20N2OS2/c1-5-16-9-6-7-11-10(8-9)15(13(2,3)4)12(17-11)18-14/h6-8,12H,5,14H2,1-4H3. The van der Waals surface area contributed by atoms with Crippen LogP contribution in [0.4, 0.5) is 5.69 Å². The summed E-state index contributed by atoms with van der Waals surface area (Å²) in [6.07, 6.45) is 0. The molecule has 1 aliphatic rings. The summed E-state index contributed by atoms with van der Waals surface area (Å²) in [5.74, 6) is 0.925. The Labute approximate surface area is 118 Å². The van der Waals surface area contributed by atoms with E-state index < -0.39 is 0 Å². The lowest BCUT2D eigenvalue weighted by Gasteiger charge is -2.37. The van der Waals surface area contributed by atoms with Gasteiger partial charge in [0, 0.05) is 16.5 Å². The minimum atomic E-state index is 0.0418. The molecule has 5 heteroatoms. The minimum Gasteiger partial charge on any atom is -0.494 e. The highest BCUT2D eigenvalue weighted by Gasteiger charge is 2.37. The van der Waals surface area contributed by atoms with E-state index in [4.69, 9.17) is 9.88 Å². The van der Waals surface area contributed by atoms with Crippen LogP contribution in [-0.4, -0.2) is 16.9 Å². The predicted octanol–water partition coefficient (Wildman–Crippen LogP) is 3.69. The van der Waals surface area contributed by atoms with Crippen LogP contribution in [0.3, 0.4) is 0 Å². The van der Waals surface area contributed by atoms with Gasteiger partial charge < -0.3 is 9.64 Å². The van der Waals surface area contributed by atoms with Crippen LogP contribution in [0, 0.1) is 0 Å². The first-order valence-corrected chi connectivity index (χ1v) is 7.88. The summed E-state index contributed by atoms with van der Waals surface area (Å²) in [5.41, 5.74) is 1.27. The Morgan fingerprint density at radius 3 is 2.72 bits per heavy atom. The molecule has 0 amide bonds. The third-order valence-corrected chi connectivity index (χ3v) is 4.86. The van der Waals surface area contributed by atoms with Gasteiger partial charge in [-0.25, -0.2) is 0 Å². The molecule has 0 aromatic heterocycles. The van der Waals surface area contributed by atoms with E-state index in [1.807, 2.05) is 13.0 Å². The summed E-state index contributed by atoms with van der Waals surface area (Å²) in [6.45, 7) is 9.32. The monoisotopic (exact) mass is 284 g/mol. The second-order valence-corrected chi connectivity index (χ2v) is 7.30. The first-order chi connectivity index (χ1) is 8.47. The molecule has 0 fully saturated rings. The summed E-state index contributed by atoms with van der Waals surface area (Å²) in [4.78, 5) is 3.64. The van der Waals surface area contributed by atoms with Crippen LogP contribution in [0.1, 0.15) is 27.7 Å². The Bertz CT molecular complexity index is 431. The van der Waals surface area contributed by atoms with Gasteiger partial charge in [-0.2, -0.15) is 0 Å². The third kappa shape index (κ3) is 2.58. The van der Waals surface area contributed by atoms with Crippen LogP contribution in [0.15, 0.2) is 23.1 Å². The number of thioether (sulfide) groups is 1. The summed E-state index contributed by atoms with van der Waals surface area (Å²) < 4.78 is 5.82. The fourth-order valence-corrected chi connectivity index (χ4v) is 4.34. The number of hydrogen-bond donors (Lipinski definition) is 1. The molecule has 0 bridgehead atoms. The number of ether oxygens (including phenoxy) is 1. The molecule has 0 radical (unpaired) electrons. The van der Waals surface area contributed by atoms with Gasteiger partial charge in [0.25, 0.3) is 0 Å². The predicted molar refractivity (Wildman–Crippen MR) is 81.3 cm³/mol. The van der Waals surface area contributed by atoms with Gasteiger partial charge in [-0.05, 0) is 51.8 Å². The van der Waals surface area contributed by atoms with Crippen molar-refractivity contribution in [2.24, 2.45) is 5.14 Å². The van der Waals surface area contributed by atoms with Gasteiger partial charge in [0.1, 0.15) is 10.5 Å². The quantitative estimate of drug-likeness (QED) is 0.857. The molecule has 100 valence electrons. The number of hydrogen-bond acceptors (Lipinski definition) is 5. The van der Waals surface area contributed by atoms with Crippen molar-refractivity contribution in [3.63, 3.8) is 0 Å². The van der Waals surface area contributed by atoms with Crippen molar-refractivity contribution in [2.75, 3.05) is 11.5 Å². The highest BCUT2D eigenvalue weighted by atomic mass is 32.2. The van der Waals surface area contributed by atoms with E-state index in [2.05, 4.69) is 37.8 Å². The summed E-state index contributed by atoms with van der Waals surface area (Å²) in [6, 6.07) is 6.27. The summed E-state index contributed by atoms with van der Waals surface area (Å²) in [5, 5.41) is 5.82. The molecule has 0 spiro atoms. The fourth-order valence-electron chi connectivity index (χ4n) is 2.08. The molecule has 1 unspecified atom stereocenters. The van der Waals surface area contributed by atoms with Crippen LogP contribution < -0.4 is 14.8 Å². The van der Waals surface area contributed by atoms with Gasteiger partial charge in [0.15, 0.2) is 0 Å². The molecular formula is C13H20N2OS2. The highest BCUT2D eigenvalue weighted by Crippen LogP contribution is 2.50. The molecular weight excluding hydrogens is 264 g/mol. The number of nitrogens with zero attached hydrogens (tertiary/aromatic N) is 1. The fraction of sp³-hybridized carbons (Fsp3) is 0.538. The van der Waals surface area contributed by atoms with Crippen molar-refractivity contribution in [1.29, 1.82) is 0 Å². The molecule has 2 rings (SSSR count). The highest BCUT2D eigenvalue weighted by molar-refractivity contribution is 8.16. The van der Waals surface area contributed by atoms with Crippen molar-refractivity contribution < 1.29 is 4.74 Å². The Hall–Kier alpha value is -0.520. The van der Waals surface area contributed by atoms with Crippen molar-refractivity contribution in [3.8, 4) is 5.75 Å². The zero-order chi connectivity index (χ0) is 13.3. The molecule has 1 aromatic rings. The van der Waals surface area contributed by atoms with Crippen LogP contribution in [0.5, 0.6) is 5.75 Å². The van der Waals surface area contributed by atoms with E-state index in [1.165, 1.54) is 22.5 Å². The zero-order valence-electron chi connectivity index (χ0n) is 11.3. The molecule has 3 nitrogen and oxygen atoms in total. The first kappa shape index (κ1) is 13.9. The lowest BCUT2D eigenvalue weighted by molar-refractivity contribution is 0.340. The van der Waals surface area contributed by atoms with E-state index >= 15 is 0 Å². The Kier molecular flexibility index (Phi) is 4.04. The number of rotatable bonds is 3. The van der Waals surface area contributed by atoms with Crippen molar-refractivity contribution in [1.82, 2.24) is 0 Å².